The van der Waals surface area contributed by atoms with Crippen molar-refractivity contribution in [1.29, 1.82) is 0 Å². The third-order valence-electron chi connectivity index (χ3n) is 4.25. The Morgan fingerprint density at radius 3 is 2.72 bits per heavy atom. The van der Waals surface area contributed by atoms with Gasteiger partial charge in [0.2, 0.25) is 0 Å². The summed E-state index contributed by atoms with van der Waals surface area (Å²) in [6.45, 7) is 5.38. The molecule has 0 spiro atoms. The molecule has 0 aromatic carbocycles. The Kier molecular flexibility index (Phi) is 4.81. The van der Waals surface area contributed by atoms with E-state index < -0.39 is 0 Å². The average Bonchev–Trinajstić information content (AvgIpc) is 2.95. The van der Waals surface area contributed by atoms with Crippen LogP contribution in [0, 0.1) is 12.8 Å². The third kappa shape index (κ3) is 3.35. The largest absolute Gasteiger partial charge is 0.314 e. The molecular formula is C15H27N3. The molecule has 3 heteroatoms. The van der Waals surface area contributed by atoms with Gasteiger partial charge in [0.15, 0.2) is 0 Å². The zero-order valence-corrected chi connectivity index (χ0v) is 12.1. The summed E-state index contributed by atoms with van der Waals surface area (Å²) in [6.07, 6.45) is 8.09. The van der Waals surface area contributed by atoms with Gasteiger partial charge in [0.05, 0.1) is 5.69 Å². The van der Waals surface area contributed by atoms with Crippen LogP contribution in [0.2, 0.25) is 0 Å². The highest BCUT2D eigenvalue weighted by Gasteiger charge is 2.24. The highest BCUT2D eigenvalue weighted by Crippen LogP contribution is 2.29. The molecule has 1 N–H and O–H groups in total. The summed E-state index contributed by atoms with van der Waals surface area (Å²) in [4.78, 5) is 0. The topological polar surface area (TPSA) is 29.9 Å². The summed E-state index contributed by atoms with van der Waals surface area (Å²) in [5, 5.41) is 8.12. The summed E-state index contributed by atoms with van der Waals surface area (Å²) in [6, 6.07) is 2.92. The van der Waals surface area contributed by atoms with Crippen LogP contribution in [0.25, 0.3) is 0 Å². The Morgan fingerprint density at radius 1 is 1.44 bits per heavy atom. The Morgan fingerprint density at radius 2 is 2.17 bits per heavy atom. The summed E-state index contributed by atoms with van der Waals surface area (Å²) in [5.41, 5.74) is 2.50. The number of aryl methyl sites for hydroxylation is 3. The van der Waals surface area contributed by atoms with Crippen molar-refractivity contribution >= 4 is 0 Å². The highest BCUT2D eigenvalue weighted by atomic mass is 15.3. The van der Waals surface area contributed by atoms with Crippen molar-refractivity contribution in [2.24, 2.45) is 13.0 Å². The van der Waals surface area contributed by atoms with Crippen molar-refractivity contribution in [2.75, 3.05) is 6.54 Å². The van der Waals surface area contributed by atoms with Crippen LogP contribution in [0.4, 0.5) is 0 Å². The monoisotopic (exact) mass is 249 g/mol. The molecule has 1 aliphatic carbocycles. The molecule has 1 heterocycles. The Hall–Kier alpha value is -0.830. The van der Waals surface area contributed by atoms with Crippen molar-refractivity contribution in [1.82, 2.24) is 15.1 Å². The van der Waals surface area contributed by atoms with Gasteiger partial charge >= 0.3 is 0 Å². The molecule has 1 saturated carbocycles. The molecule has 0 saturated heterocycles. The Balaban J connectivity index is 1.90. The molecule has 1 atom stereocenters. The molecule has 0 amide bonds. The fraction of sp³-hybridized carbons (Fsp3) is 0.800. The Labute approximate surface area is 111 Å². The average molecular weight is 249 g/mol. The number of rotatable bonds is 6. The van der Waals surface area contributed by atoms with E-state index >= 15 is 0 Å². The van der Waals surface area contributed by atoms with Crippen LogP contribution in [0.15, 0.2) is 6.07 Å². The maximum absolute atomic E-state index is 4.43. The van der Waals surface area contributed by atoms with Crippen LogP contribution >= 0.6 is 0 Å². The predicted octanol–water partition coefficient (Wildman–Crippen LogP) is 2.83. The minimum absolute atomic E-state index is 0.702. The van der Waals surface area contributed by atoms with Gasteiger partial charge in [0.25, 0.3) is 0 Å². The van der Waals surface area contributed by atoms with Gasteiger partial charge in [0, 0.05) is 18.8 Å². The molecule has 18 heavy (non-hydrogen) atoms. The maximum Gasteiger partial charge on any atom is 0.0596 e. The van der Waals surface area contributed by atoms with Crippen LogP contribution in [0.1, 0.15) is 50.4 Å². The number of nitrogens with zero attached hydrogens (tertiary/aromatic N) is 2. The van der Waals surface area contributed by atoms with Gasteiger partial charge in [0.1, 0.15) is 0 Å². The minimum atomic E-state index is 0.702. The molecule has 1 aliphatic rings. The molecule has 1 aromatic heterocycles. The van der Waals surface area contributed by atoms with Gasteiger partial charge in [-0.3, -0.25) is 4.68 Å². The van der Waals surface area contributed by atoms with Gasteiger partial charge in [-0.1, -0.05) is 19.8 Å². The summed E-state index contributed by atoms with van der Waals surface area (Å²) < 4.78 is 2.03. The summed E-state index contributed by atoms with van der Waals surface area (Å²) in [5.74, 6) is 0.902. The molecule has 1 fully saturated rings. The van der Waals surface area contributed by atoms with E-state index in [1.165, 1.54) is 37.8 Å². The minimum Gasteiger partial charge on any atom is -0.314 e. The van der Waals surface area contributed by atoms with Gasteiger partial charge in [-0.05, 0) is 51.1 Å². The van der Waals surface area contributed by atoms with E-state index in [-0.39, 0.29) is 0 Å². The summed E-state index contributed by atoms with van der Waals surface area (Å²) >= 11 is 0. The second-order valence-electron chi connectivity index (χ2n) is 5.65. The highest BCUT2D eigenvalue weighted by molar-refractivity contribution is 5.09. The quantitative estimate of drug-likeness (QED) is 0.840. The second kappa shape index (κ2) is 6.37. The molecule has 102 valence electrons. The Bertz CT molecular complexity index is 364. The first-order chi connectivity index (χ1) is 8.70. The number of hydrogen-bond acceptors (Lipinski definition) is 2. The first-order valence-corrected chi connectivity index (χ1v) is 7.43. The molecule has 1 aromatic rings. The van der Waals surface area contributed by atoms with E-state index in [2.05, 4.69) is 37.4 Å². The van der Waals surface area contributed by atoms with Crippen molar-refractivity contribution in [3.05, 3.63) is 17.5 Å². The van der Waals surface area contributed by atoms with Crippen LogP contribution in [0.5, 0.6) is 0 Å². The first kappa shape index (κ1) is 13.6. The number of nitrogens with one attached hydrogen (secondary N) is 1. The molecule has 2 rings (SSSR count). The van der Waals surface area contributed by atoms with E-state index in [0.29, 0.717) is 6.04 Å². The van der Waals surface area contributed by atoms with Crippen molar-refractivity contribution in [3.63, 3.8) is 0 Å². The standard InChI is InChI=1S/C15H27N3/c1-4-16-15(13-7-5-6-8-13)10-9-14-11-12(2)17-18(14)3/h11,13,15-16H,4-10H2,1-3H3. The lowest BCUT2D eigenvalue weighted by atomic mass is 9.93. The van der Waals surface area contributed by atoms with E-state index in [4.69, 9.17) is 0 Å². The van der Waals surface area contributed by atoms with E-state index in [1.807, 2.05) is 4.68 Å². The zero-order valence-electron chi connectivity index (χ0n) is 12.1. The predicted molar refractivity (Wildman–Crippen MR) is 75.7 cm³/mol. The SMILES string of the molecule is CCNC(CCc1cc(C)nn1C)C1CCCC1. The van der Waals surface area contributed by atoms with E-state index in [9.17, 15) is 0 Å². The van der Waals surface area contributed by atoms with Gasteiger partial charge in [-0.2, -0.15) is 5.10 Å². The van der Waals surface area contributed by atoms with Crippen molar-refractivity contribution < 1.29 is 0 Å². The van der Waals surface area contributed by atoms with Crippen LogP contribution in [-0.4, -0.2) is 22.4 Å². The molecule has 0 radical (unpaired) electrons. The van der Waals surface area contributed by atoms with Crippen molar-refractivity contribution in [2.45, 2.75) is 58.4 Å². The maximum atomic E-state index is 4.43. The number of aromatic nitrogens is 2. The molecule has 3 nitrogen and oxygen atoms in total. The van der Waals surface area contributed by atoms with Crippen LogP contribution in [0.3, 0.4) is 0 Å². The smallest absolute Gasteiger partial charge is 0.0596 e. The third-order valence-corrected chi connectivity index (χ3v) is 4.25. The second-order valence-corrected chi connectivity index (χ2v) is 5.65. The zero-order chi connectivity index (χ0) is 13.0. The van der Waals surface area contributed by atoms with Crippen LogP contribution < -0.4 is 5.32 Å². The molecular weight excluding hydrogens is 222 g/mol. The van der Waals surface area contributed by atoms with Gasteiger partial charge in [-0.15, -0.1) is 0 Å². The van der Waals surface area contributed by atoms with E-state index in [1.54, 1.807) is 0 Å². The van der Waals surface area contributed by atoms with E-state index in [0.717, 1.165) is 24.6 Å². The number of hydrogen-bond donors (Lipinski definition) is 1. The molecule has 0 bridgehead atoms. The lowest BCUT2D eigenvalue weighted by Gasteiger charge is -2.24. The fourth-order valence-electron chi connectivity index (χ4n) is 3.33. The fourth-order valence-corrected chi connectivity index (χ4v) is 3.33. The van der Waals surface area contributed by atoms with Gasteiger partial charge in [-0.25, -0.2) is 0 Å². The van der Waals surface area contributed by atoms with Gasteiger partial charge < -0.3 is 5.32 Å². The van der Waals surface area contributed by atoms with Crippen molar-refractivity contribution in [3.8, 4) is 0 Å². The molecule has 0 aliphatic heterocycles. The molecule has 1 unspecified atom stereocenters. The lowest BCUT2D eigenvalue weighted by Crippen LogP contribution is -2.35. The summed E-state index contributed by atoms with van der Waals surface area (Å²) in [7, 11) is 2.06. The van der Waals surface area contributed by atoms with Crippen LogP contribution in [-0.2, 0) is 13.5 Å². The normalized spacial score (nSPS) is 18.4. The lowest BCUT2D eigenvalue weighted by molar-refractivity contribution is 0.344. The first-order valence-electron chi connectivity index (χ1n) is 7.43.